The lowest BCUT2D eigenvalue weighted by atomic mass is 10.1. The molecule has 2 rings (SSSR count). The van der Waals surface area contributed by atoms with Gasteiger partial charge in [-0.15, -0.1) is 0 Å². The number of carboxylic acid groups (broad SMARTS) is 1. The van der Waals surface area contributed by atoms with Crippen LogP contribution in [0.5, 0.6) is 0 Å². The van der Waals surface area contributed by atoms with Crippen LogP contribution in [0.1, 0.15) is 28.8 Å². The van der Waals surface area contributed by atoms with Gasteiger partial charge in [-0.2, -0.15) is 13.2 Å². The van der Waals surface area contributed by atoms with Crippen LogP contribution in [0.4, 0.5) is 13.2 Å². The zero-order valence-electron chi connectivity index (χ0n) is 10.1. The topological polar surface area (TPSA) is 49.3 Å². The van der Waals surface area contributed by atoms with Crippen molar-refractivity contribution in [1.29, 1.82) is 0 Å². The second-order valence-corrected chi connectivity index (χ2v) is 4.74. The van der Waals surface area contributed by atoms with Crippen molar-refractivity contribution >= 4 is 5.97 Å². The van der Waals surface area contributed by atoms with E-state index < -0.39 is 18.2 Å². The molecule has 1 atom stereocenters. The molecule has 6 heteroatoms. The summed E-state index contributed by atoms with van der Waals surface area (Å²) in [5.41, 5.74) is 0.615. The minimum Gasteiger partial charge on any atom is -0.478 e. The van der Waals surface area contributed by atoms with Crippen LogP contribution < -0.4 is 5.32 Å². The Morgan fingerprint density at radius 2 is 2.11 bits per heavy atom. The molecule has 2 N–H and O–H groups in total. The number of halogens is 3. The summed E-state index contributed by atoms with van der Waals surface area (Å²) in [4.78, 5) is 10.8. The van der Waals surface area contributed by atoms with Crippen molar-refractivity contribution in [2.75, 3.05) is 0 Å². The Balaban J connectivity index is 2.01. The average Bonchev–Trinajstić information content (AvgIpc) is 3.12. The lowest BCUT2D eigenvalue weighted by Gasteiger charge is -2.21. The van der Waals surface area contributed by atoms with E-state index in [2.05, 4.69) is 5.32 Å². The third-order valence-electron chi connectivity index (χ3n) is 3.15. The van der Waals surface area contributed by atoms with Gasteiger partial charge in [-0.05, 0) is 36.5 Å². The number of carbonyl (C=O) groups is 1. The standard InChI is InChI=1S/C13H14F3NO2/c14-13(15,16)11(9-4-5-9)17-7-8-2-1-3-10(6-8)12(18)19/h1-3,6,9,11,17H,4-5,7H2,(H,18,19). The first-order valence-corrected chi connectivity index (χ1v) is 6.00. The summed E-state index contributed by atoms with van der Waals surface area (Å²) in [5.74, 6) is -1.43. The molecule has 0 radical (unpaired) electrons. The predicted octanol–water partition coefficient (Wildman–Crippen LogP) is 2.82. The first-order valence-electron chi connectivity index (χ1n) is 6.00. The first-order chi connectivity index (χ1) is 8.88. The molecular formula is C13H14F3NO2. The van der Waals surface area contributed by atoms with Crippen molar-refractivity contribution in [3.8, 4) is 0 Å². The number of alkyl halides is 3. The molecule has 1 fully saturated rings. The second-order valence-electron chi connectivity index (χ2n) is 4.74. The van der Waals surface area contributed by atoms with Gasteiger partial charge in [-0.25, -0.2) is 4.79 Å². The summed E-state index contributed by atoms with van der Waals surface area (Å²) < 4.78 is 38.3. The summed E-state index contributed by atoms with van der Waals surface area (Å²) in [5, 5.41) is 11.3. The first kappa shape index (κ1) is 13.9. The molecule has 3 nitrogen and oxygen atoms in total. The monoisotopic (exact) mass is 273 g/mol. The largest absolute Gasteiger partial charge is 0.478 e. The number of aromatic carboxylic acids is 1. The molecule has 0 aliphatic heterocycles. The maximum absolute atomic E-state index is 12.8. The highest BCUT2D eigenvalue weighted by Gasteiger charge is 2.48. The molecule has 1 saturated carbocycles. The van der Waals surface area contributed by atoms with Crippen molar-refractivity contribution in [2.24, 2.45) is 5.92 Å². The maximum Gasteiger partial charge on any atom is 0.404 e. The van der Waals surface area contributed by atoms with Crippen molar-refractivity contribution in [1.82, 2.24) is 5.32 Å². The smallest absolute Gasteiger partial charge is 0.404 e. The van der Waals surface area contributed by atoms with Crippen molar-refractivity contribution in [3.05, 3.63) is 35.4 Å². The Morgan fingerprint density at radius 3 is 2.63 bits per heavy atom. The van der Waals surface area contributed by atoms with Gasteiger partial charge in [0.15, 0.2) is 0 Å². The van der Waals surface area contributed by atoms with Gasteiger partial charge in [-0.1, -0.05) is 12.1 Å². The van der Waals surface area contributed by atoms with Gasteiger partial charge in [0.25, 0.3) is 0 Å². The Kier molecular flexibility index (Phi) is 3.80. The lowest BCUT2D eigenvalue weighted by molar-refractivity contribution is -0.161. The highest BCUT2D eigenvalue weighted by atomic mass is 19.4. The summed E-state index contributed by atoms with van der Waals surface area (Å²) in [7, 11) is 0. The van der Waals surface area contributed by atoms with E-state index in [4.69, 9.17) is 5.11 Å². The summed E-state index contributed by atoms with van der Waals surface area (Å²) in [6, 6.07) is 4.44. The molecule has 0 heterocycles. The van der Waals surface area contributed by atoms with Crippen LogP contribution >= 0.6 is 0 Å². The fourth-order valence-corrected chi connectivity index (χ4v) is 2.02. The molecule has 104 valence electrons. The van der Waals surface area contributed by atoms with Gasteiger partial charge in [-0.3, -0.25) is 0 Å². The molecule has 1 aliphatic carbocycles. The molecule has 1 aromatic carbocycles. The SMILES string of the molecule is O=C(O)c1cccc(CNC(C2CC2)C(F)(F)F)c1. The minimum atomic E-state index is -4.26. The normalized spacial score (nSPS) is 17.2. The van der Waals surface area contributed by atoms with Crippen LogP contribution in [-0.2, 0) is 6.54 Å². The van der Waals surface area contributed by atoms with E-state index in [1.807, 2.05) is 0 Å². The third-order valence-corrected chi connectivity index (χ3v) is 3.15. The predicted molar refractivity (Wildman–Crippen MR) is 62.8 cm³/mol. The number of carboxylic acids is 1. The van der Waals surface area contributed by atoms with E-state index in [-0.39, 0.29) is 18.0 Å². The van der Waals surface area contributed by atoms with Gasteiger partial charge in [0.1, 0.15) is 6.04 Å². The molecule has 19 heavy (non-hydrogen) atoms. The van der Waals surface area contributed by atoms with Gasteiger partial charge in [0.2, 0.25) is 0 Å². The Bertz CT molecular complexity index is 469. The van der Waals surface area contributed by atoms with Gasteiger partial charge in [0.05, 0.1) is 5.56 Å². The molecule has 0 amide bonds. The van der Waals surface area contributed by atoms with Crippen molar-refractivity contribution < 1.29 is 23.1 Å². The van der Waals surface area contributed by atoms with Gasteiger partial charge >= 0.3 is 12.1 Å². The number of hydrogen-bond acceptors (Lipinski definition) is 2. The van der Waals surface area contributed by atoms with Crippen LogP contribution in [-0.4, -0.2) is 23.3 Å². The summed E-state index contributed by atoms with van der Waals surface area (Å²) in [6.07, 6.45) is -3.08. The lowest BCUT2D eigenvalue weighted by Crippen LogP contribution is -2.43. The maximum atomic E-state index is 12.8. The third kappa shape index (κ3) is 3.70. The summed E-state index contributed by atoms with van der Waals surface area (Å²) in [6.45, 7) is 0.0157. The Hall–Kier alpha value is -1.56. The summed E-state index contributed by atoms with van der Waals surface area (Å²) >= 11 is 0. The number of hydrogen-bond donors (Lipinski definition) is 2. The molecule has 0 spiro atoms. The highest BCUT2D eigenvalue weighted by molar-refractivity contribution is 5.87. The van der Waals surface area contributed by atoms with E-state index in [9.17, 15) is 18.0 Å². The Morgan fingerprint density at radius 1 is 1.42 bits per heavy atom. The van der Waals surface area contributed by atoms with Gasteiger partial charge < -0.3 is 10.4 Å². The molecule has 0 aromatic heterocycles. The van der Waals surface area contributed by atoms with Crippen LogP contribution in [0.15, 0.2) is 24.3 Å². The van der Waals surface area contributed by atoms with Crippen LogP contribution in [0.25, 0.3) is 0 Å². The zero-order valence-corrected chi connectivity index (χ0v) is 10.1. The van der Waals surface area contributed by atoms with Crippen LogP contribution in [0.2, 0.25) is 0 Å². The van der Waals surface area contributed by atoms with Crippen molar-refractivity contribution in [3.63, 3.8) is 0 Å². The molecule has 1 unspecified atom stereocenters. The molecule has 1 aromatic rings. The van der Waals surface area contributed by atoms with Crippen LogP contribution in [0, 0.1) is 5.92 Å². The fraction of sp³-hybridized carbons (Fsp3) is 0.462. The van der Waals surface area contributed by atoms with E-state index in [1.54, 1.807) is 6.07 Å². The molecule has 0 saturated heterocycles. The number of nitrogens with one attached hydrogen (secondary N) is 1. The van der Waals surface area contributed by atoms with E-state index >= 15 is 0 Å². The van der Waals surface area contributed by atoms with E-state index in [1.165, 1.54) is 18.2 Å². The fourth-order valence-electron chi connectivity index (χ4n) is 2.02. The zero-order chi connectivity index (χ0) is 14.0. The van der Waals surface area contributed by atoms with E-state index in [0.717, 1.165) is 0 Å². The average molecular weight is 273 g/mol. The second kappa shape index (κ2) is 5.21. The number of benzene rings is 1. The minimum absolute atomic E-state index is 0.0157. The van der Waals surface area contributed by atoms with Crippen molar-refractivity contribution in [2.45, 2.75) is 31.6 Å². The number of rotatable bonds is 5. The molecule has 1 aliphatic rings. The highest BCUT2D eigenvalue weighted by Crippen LogP contribution is 2.40. The van der Waals surface area contributed by atoms with Crippen LogP contribution in [0.3, 0.4) is 0 Å². The molecule has 0 bridgehead atoms. The van der Waals surface area contributed by atoms with Gasteiger partial charge in [0, 0.05) is 6.54 Å². The Labute approximate surface area is 108 Å². The van der Waals surface area contributed by atoms with E-state index in [0.29, 0.717) is 18.4 Å². The molecular weight excluding hydrogens is 259 g/mol. The quantitative estimate of drug-likeness (QED) is 0.867.